The van der Waals surface area contributed by atoms with E-state index in [1.54, 1.807) is 0 Å². The molecule has 0 spiro atoms. The van der Waals surface area contributed by atoms with Gasteiger partial charge in [-0.15, -0.1) is 0 Å². The third kappa shape index (κ3) is 11.7. The van der Waals surface area contributed by atoms with Crippen molar-refractivity contribution in [2.24, 2.45) is 0 Å². The second-order valence-electron chi connectivity index (χ2n) is 6.27. The molecule has 0 radical (unpaired) electrons. The summed E-state index contributed by atoms with van der Waals surface area (Å²) in [6.07, 6.45) is 7.36. The Morgan fingerprint density at radius 3 is 1.79 bits per heavy atom. The van der Waals surface area contributed by atoms with E-state index < -0.39 is 17.8 Å². The summed E-state index contributed by atoms with van der Waals surface area (Å²) in [5.74, 6) is 0. The zero-order valence-corrected chi connectivity index (χ0v) is 21.6. The summed E-state index contributed by atoms with van der Waals surface area (Å²) < 4.78 is 52.1. The van der Waals surface area contributed by atoms with Crippen LogP contribution in [0.15, 0.2) is 29.2 Å². The number of sulfonamides is 1. The summed E-state index contributed by atoms with van der Waals surface area (Å²) >= 11 is 5.79. The van der Waals surface area contributed by atoms with Crippen molar-refractivity contribution in [3.05, 3.63) is 33.8 Å². The Bertz CT molecular complexity index is 670. The molecule has 28 heavy (non-hydrogen) atoms. The second kappa shape index (κ2) is 15.4. The monoisotopic (exact) mass is 461 g/mol. The molecule has 0 fully saturated rings. The minimum Gasteiger partial charge on any atom is -0.438 e. The fourth-order valence-electron chi connectivity index (χ4n) is 2.29. The maximum atomic E-state index is 12.9. The maximum Gasteiger partial charge on any atom is 1.00 e. The molecule has 0 heterocycles. The van der Waals surface area contributed by atoms with E-state index >= 15 is 0 Å². The Labute approximate surface area is 197 Å². The molecule has 0 aliphatic heterocycles. The first-order valence-electron chi connectivity index (χ1n) is 9.47. The van der Waals surface area contributed by atoms with E-state index in [0.29, 0.717) is 17.9 Å². The summed E-state index contributed by atoms with van der Waals surface area (Å²) in [4.78, 5) is -0.101. The fraction of sp³-hybridized carbons (Fsp3) is 0.667. The van der Waals surface area contributed by atoms with Crippen LogP contribution in [0.4, 0.5) is 0 Å². The topological polar surface area (TPSA) is 83.8 Å². The summed E-state index contributed by atoms with van der Waals surface area (Å²) in [7, 11) is -8.29. The maximum absolute atomic E-state index is 12.9. The number of hydrogen-bond donors (Lipinski definition) is 0. The van der Waals surface area contributed by atoms with Crippen LogP contribution >= 0.6 is 19.3 Å². The molecule has 156 valence electrons. The SMILES string of the molecule is CCCCCCOP(=O)([N-]S(=O)(=O)c1ccc(Cl)cc1)OCCCCCC.[Na+]. The van der Waals surface area contributed by atoms with Gasteiger partial charge >= 0.3 is 29.6 Å². The van der Waals surface area contributed by atoms with E-state index in [1.807, 2.05) is 0 Å². The van der Waals surface area contributed by atoms with E-state index in [4.69, 9.17) is 20.6 Å². The van der Waals surface area contributed by atoms with Gasteiger partial charge in [-0.05, 0) is 37.1 Å². The van der Waals surface area contributed by atoms with Gasteiger partial charge in [0.15, 0.2) is 0 Å². The van der Waals surface area contributed by atoms with Crippen molar-refractivity contribution in [1.29, 1.82) is 0 Å². The smallest absolute Gasteiger partial charge is 0.438 e. The van der Waals surface area contributed by atoms with E-state index in [1.165, 1.54) is 24.3 Å². The molecule has 0 amide bonds. The van der Waals surface area contributed by atoms with Gasteiger partial charge in [0.2, 0.25) is 0 Å². The van der Waals surface area contributed by atoms with E-state index in [-0.39, 0.29) is 47.7 Å². The van der Waals surface area contributed by atoms with Crippen LogP contribution in [0.3, 0.4) is 0 Å². The minimum atomic E-state index is -4.18. The summed E-state index contributed by atoms with van der Waals surface area (Å²) in [6.45, 7) is 4.45. The number of halogens is 1. The van der Waals surface area contributed by atoms with Crippen LogP contribution in [0.2, 0.25) is 5.02 Å². The molecule has 0 saturated carbocycles. The number of benzene rings is 1. The molecule has 10 heteroatoms. The molecule has 0 unspecified atom stereocenters. The Balaban J connectivity index is 0.00000729. The number of nitrogens with zero attached hydrogens (tertiary/aromatic N) is 1. The average molecular weight is 462 g/mol. The van der Waals surface area contributed by atoms with Crippen LogP contribution in [-0.4, -0.2) is 21.6 Å². The van der Waals surface area contributed by atoms with Crippen molar-refractivity contribution in [3.8, 4) is 0 Å². The zero-order chi connectivity index (χ0) is 20.2. The Morgan fingerprint density at radius 2 is 1.36 bits per heavy atom. The van der Waals surface area contributed by atoms with Gasteiger partial charge in [-0.1, -0.05) is 64.0 Å². The molecule has 0 aliphatic rings. The summed E-state index contributed by atoms with van der Waals surface area (Å²) in [5, 5.41) is 0.400. The van der Waals surface area contributed by atoms with Gasteiger partial charge in [0.25, 0.3) is 7.75 Å². The molecule has 0 N–H and O–H groups in total. The van der Waals surface area contributed by atoms with Gasteiger partial charge < -0.3 is 13.5 Å². The molecule has 1 aromatic carbocycles. The van der Waals surface area contributed by atoms with Crippen LogP contribution in [0, 0.1) is 0 Å². The van der Waals surface area contributed by atoms with Gasteiger partial charge in [-0.2, -0.15) is 0 Å². The first-order chi connectivity index (χ1) is 12.8. The Hall–Kier alpha value is 0.570. The van der Waals surface area contributed by atoms with Crippen molar-refractivity contribution in [2.75, 3.05) is 13.2 Å². The van der Waals surface area contributed by atoms with Crippen LogP contribution in [0.1, 0.15) is 65.2 Å². The Morgan fingerprint density at radius 1 is 0.893 bits per heavy atom. The largest absolute Gasteiger partial charge is 1.00 e. The van der Waals surface area contributed by atoms with Crippen molar-refractivity contribution in [1.82, 2.24) is 0 Å². The predicted molar refractivity (Wildman–Crippen MR) is 110 cm³/mol. The Kier molecular flexibility index (Phi) is 15.7. The van der Waals surface area contributed by atoms with Crippen molar-refractivity contribution >= 4 is 29.4 Å². The molecular weight excluding hydrogens is 432 g/mol. The van der Waals surface area contributed by atoms with E-state index in [9.17, 15) is 13.0 Å². The van der Waals surface area contributed by atoms with Crippen LogP contribution < -0.4 is 29.6 Å². The summed E-state index contributed by atoms with van der Waals surface area (Å²) in [6, 6.07) is 5.50. The molecule has 0 aliphatic carbocycles. The fourth-order valence-corrected chi connectivity index (χ4v) is 5.49. The molecule has 0 saturated heterocycles. The van der Waals surface area contributed by atoms with Crippen LogP contribution in [0.25, 0.3) is 4.49 Å². The average Bonchev–Trinajstić information content (AvgIpc) is 2.61. The molecule has 1 rings (SSSR count). The van der Waals surface area contributed by atoms with Gasteiger partial charge in [0.05, 0.1) is 13.2 Å². The van der Waals surface area contributed by atoms with Crippen LogP contribution in [-0.2, 0) is 23.6 Å². The molecule has 1 aromatic rings. The first kappa shape index (κ1) is 28.6. The molecule has 0 bridgehead atoms. The zero-order valence-electron chi connectivity index (χ0n) is 17.1. The molecular formula is C18H30ClNNaO5PS. The third-order valence-electron chi connectivity index (χ3n) is 3.82. The minimum absolute atomic E-state index is 0. The van der Waals surface area contributed by atoms with E-state index in [2.05, 4.69) is 18.3 Å². The van der Waals surface area contributed by atoms with Gasteiger partial charge in [0, 0.05) is 9.92 Å². The van der Waals surface area contributed by atoms with Gasteiger partial charge in [-0.3, -0.25) is 4.57 Å². The quantitative estimate of drug-likeness (QED) is 0.226. The predicted octanol–water partition coefficient (Wildman–Crippen LogP) is 3.71. The first-order valence-corrected chi connectivity index (χ1v) is 12.8. The van der Waals surface area contributed by atoms with E-state index in [0.717, 1.165) is 38.5 Å². The normalized spacial score (nSPS) is 12.0. The number of unbranched alkanes of at least 4 members (excludes halogenated alkanes) is 6. The second-order valence-corrected chi connectivity index (χ2v) is 10.2. The standard InChI is InChI=1S/C18H30ClNO5PS.Na/c1-3-5-7-9-15-24-26(21,25-16-10-8-6-4-2)20-27(22,23)18-13-11-17(19)12-14-18;/h11-14H,3-10,15-16H2,1-2H3;/q-1;+1. The van der Waals surface area contributed by atoms with Crippen LogP contribution in [0.5, 0.6) is 0 Å². The van der Waals surface area contributed by atoms with Crippen molar-refractivity contribution in [3.63, 3.8) is 0 Å². The van der Waals surface area contributed by atoms with Gasteiger partial charge in [0.1, 0.15) is 10.0 Å². The number of hydrogen-bond acceptors (Lipinski definition) is 5. The van der Waals surface area contributed by atoms with Gasteiger partial charge in [-0.25, -0.2) is 8.42 Å². The number of rotatable bonds is 15. The molecule has 0 aromatic heterocycles. The summed E-state index contributed by atoms with van der Waals surface area (Å²) in [5.41, 5.74) is 0. The van der Waals surface area contributed by atoms with Crippen molar-refractivity contribution in [2.45, 2.75) is 70.1 Å². The molecule has 0 atom stereocenters. The molecule has 6 nitrogen and oxygen atoms in total. The third-order valence-corrected chi connectivity index (χ3v) is 7.62. The van der Waals surface area contributed by atoms with Crippen molar-refractivity contribution < 1.29 is 51.6 Å².